The Balaban J connectivity index is 1.93. The molecule has 1 heterocycles. The van der Waals surface area contributed by atoms with E-state index in [1.807, 2.05) is 13.8 Å². The van der Waals surface area contributed by atoms with Crippen LogP contribution in [0.4, 0.5) is 0 Å². The van der Waals surface area contributed by atoms with Crippen molar-refractivity contribution in [2.45, 2.75) is 44.8 Å². The molecule has 1 aromatic rings. The van der Waals surface area contributed by atoms with Crippen molar-refractivity contribution in [3.8, 4) is 0 Å². The van der Waals surface area contributed by atoms with Crippen LogP contribution in [-0.2, 0) is 0 Å². The zero-order chi connectivity index (χ0) is 11.7. The molecule has 0 aliphatic heterocycles. The van der Waals surface area contributed by atoms with Gasteiger partial charge in [-0.05, 0) is 12.8 Å². The number of carbonyl (C=O) groups excluding carboxylic acids is 1. The van der Waals surface area contributed by atoms with Crippen LogP contribution in [-0.4, -0.2) is 38.3 Å². The second-order valence-corrected chi connectivity index (χ2v) is 4.49. The smallest absolute Gasteiger partial charge is 0.291 e. The lowest BCUT2D eigenvalue weighted by Gasteiger charge is -2.31. The van der Waals surface area contributed by atoms with Crippen LogP contribution in [0.3, 0.4) is 0 Å². The molecular formula is C10H16N4O2. The predicted octanol–water partition coefficient (Wildman–Crippen LogP) is 0.181. The van der Waals surface area contributed by atoms with Gasteiger partial charge in [-0.1, -0.05) is 13.8 Å². The lowest BCUT2D eigenvalue weighted by atomic mass is 9.89. The summed E-state index contributed by atoms with van der Waals surface area (Å²) in [4.78, 5) is 15.8. The molecule has 0 atom stereocenters. The molecule has 6 nitrogen and oxygen atoms in total. The van der Waals surface area contributed by atoms with E-state index in [0.29, 0.717) is 18.7 Å². The Morgan fingerprint density at radius 3 is 2.75 bits per heavy atom. The third kappa shape index (κ3) is 2.21. The quantitative estimate of drug-likeness (QED) is 0.683. The van der Waals surface area contributed by atoms with E-state index in [4.69, 9.17) is 5.11 Å². The molecule has 1 saturated carbocycles. The summed E-state index contributed by atoms with van der Waals surface area (Å²) in [5.41, 5.74) is 0. The third-order valence-corrected chi connectivity index (χ3v) is 2.70. The SMILES string of the molecule is CC(C)c1nc(C(=O)NC2CC(O)C2)n[nH]1. The molecule has 1 aliphatic carbocycles. The van der Waals surface area contributed by atoms with E-state index in [0.717, 1.165) is 0 Å². The van der Waals surface area contributed by atoms with Crippen LogP contribution >= 0.6 is 0 Å². The Hall–Kier alpha value is -1.43. The highest BCUT2D eigenvalue weighted by molar-refractivity contribution is 5.90. The minimum atomic E-state index is -0.278. The van der Waals surface area contributed by atoms with Crippen LogP contribution < -0.4 is 5.32 Å². The van der Waals surface area contributed by atoms with E-state index in [9.17, 15) is 4.79 Å². The summed E-state index contributed by atoms with van der Waals surface area (Å²) in [5.74, 6) is 0.823. The van der Waals surface area contributed by atoms with Crippen LogP contribution in [0.15, 0.2) is 0 Å². The predicted molar refractivity (Wildman–Crippen MR) is 57.0 cm³/mol. The van der Waals surface area contributed by atoms with E-state index < -0.39 is 0 Å². The van der Waals surface area contributed by atoms with Crippen LogP contribution in [0, 0.1) is 0 Å². The van der Waals surface area contributed by atoms with Gasteiger partial charge in [-0.15, -0.1) is 5.10 Å². The highest BCUT2D eigenvalue weighted by atomic mass is 16.3. The number of amides is 1. The molecule has 2 rings (SSSR count). The fourth-order valence-electron chi connectivity index (χ4n) is 1.59. The van der Waals surface area contributed by atoms with Crippen LogP contribution in [0.1, 0.15) is 49.1 Å². The van der Waals surface area contributed by atoms with E-state index in [1.165, 1.54) is 0 Å². The van der Waals surface area contributed by atoms with Crippen LogP contribution in [0.5, 0.6) is 0 Å². The second kappa shape index (κ2) is 4.21. The Morgan fingerprint density at radius 1 is 1.56 bits per heavy atom. The fourth-order valence-corrected chi connectivity index (χ4v) is 1.59. The molecule has 1 aliphatic rings. The van der Waals surface area contributed by atoms with Crippen molar-refractivity contribution in [2.24, 2.45) is 0 Å². The van der Waals surface area contributed by atoms with E-state index >= 15 is 0 Å². The van der Waals surface area contributed by atoms with Gasteiger partial charge >= 0.3 is 0 Å². The topological polar surface area (TPSA) is 90.9 Å². The Kier molecular flexibility index (Phi) is 2.91. The molecule has 0 aromatic carbocycles. The van der Waals surface area contributed by atoms with Crippen molar-refractivity contribution in [3.63, 3.8) is 0 Å². The van der Waals surface area contributed by atoms with E-state index in [-0.39, 0.29) is 29.8 Å². The second-order valence-electron chi connectivity index (χ2n) is 4.49. The van der Waals surface area contributed by atoms with Gasteiger partial charge in [-0.3, -0.25) is 9.89 Å². The lowest BCUT2D eigenvalue weighted by Crippen LogP contribution is -2.47. The monoisotopic (exact) mass is 224 g/mol. The normalized spacial score (nSPS) is 24.2. The molecule has 6 heteroatoms. The van der Waals surface area contributed by atoms with Crippen molar-refractivity contribution >= 4 is 5.91 Å². The van der Waals surface area contributed by atoms with Crippen LogP contribution in [0.2, 0.25) is 0 Å². The highest BCUT2D eigenvalue weighted by Gasteiger charge is 2.29. The summed E-state index contributed by atoms with van der Waals surface area (Å²) in [7, 11) is 0. The van der Waals surface area contributed by atoms with E-state index in [2.05, 4.69) is 20.5 Å². The molecule has 0 bridgehead atoms. The first-order chi connectivity index (χ1) is 7.56. The third-order valence-electron chi connectivity index (χ3n) is 2.70. The number of aromatic nitrogens is 3. The van der Waals surface area contributed by atoms with Crippen molar-refractivity contribution in [2.75, 3.05) is 0 Å². The molecule has 1 fully saturated rings. The molecule has 1 aromatic heterocycles. The van der Waals surface area contributed by atoms with Gasteiger partial charge in [0.2, 0.25) is 5.82 Å². The number of aliphatic hydroxyl groups is 1. The molecule has 16 heavy (non-hydrogen) atoms. The molecule has 0 saturated heterocycles. The number of aromatic amines is 1. The number of rotatable bonds is 3. The fraction of sp³-hybridized carbons (Fsp3) is 0.700. The standard InChI is InChI=1S/C10H16N4O2/c1-5(2)8-12-9(14-13-8)10(16)11-6-3-7(15)4-6/h5-7,15H,3-4H2,1-2H3,(H,11,16)(H,12,13,14). The zero-order valence-electron chi connectivity index (χ0n) is 9.40. The molecule has 0 radical (unpaired) electrons. The largest absolute Gasteiger partial charge is 0.393 e. The number of carbonyl (C=O) groups is 1. The summed E-state index contributed by atoms with van der Waals surface area (Å²) in [6.07, 6.45) is 0.962. The first kappa shape index (κ1) is 11.1. The van der Waals surface area contributed by atoms with Gasteiger partial charge in [0, 0.05) is 12.0 Å². The molecular weight excluding hydrogens is 208 g/mol. The average molecular weight is 224 g/mol. The van der Waals surface area contributed by atoms with Gasteiger partial charge < -0.3 is 10.4 Å². The van der Waals surface area contributed by atoms with Gasteiger partial charge in [0.15, 0.2) is 0 Å². The number of aliphatic hydroxyl groups excluding tert-OH is 1. The van der Waals surface area contributed by atoms with Crippen molar-refractivity contribution in [1.29, 1.82) is 0 Å². The molecule has 0 unspecified atom stereocenters. The number of H-pyrrole nitrogens is 1. The lowest BCUT2D eigenvalue weighted by molar-refractivity contribution is 0.0558. The van der Waals surface area contributed by atoms with E-state index in [1.54, 1.807) is 0 Å². The Labute approximate surface area is 93.5 Å². The molecule has 3 N–H and O–H groups in total. The molecule has 0 spiro atoms. The van der Waals surface area contributed by atoms with Crippen molar-refractivity contribution in [3.05, 3.63) is 11.6 Å². The summed E-state index contributed by atoms with van der Waals surface area (Å²) < 4.78 is 0. The number of hydrogen-bond donors (Lipinski definition) is 3. The maximum Gasteiger partial charge on any atom is 0.291 e. The first-order valence-corrected chi connectivity index (χ1v) is 5.47. The minimum absolute atomic E-state index is 0.0588. The van der Waals surface area contributed by atoms with Gasteiger partial charge in [0.1, 0.15) is 5.82 Å². The maximum absolute atomic E-state index is 11.7. The van der Waals surface area contributed by atoms with Gasteiger partial charge in [0.25, 0.3) is 5.91 Å². The Bertz CT molecular complexity index is 382. The average Bonchev–Trinajstić information content (AvgIpc) is 2.63. The maximum atomic E-state index is 11.7. The Morgan fingerprint density at radius 2 is 2.25 bits per heavy atom. The van der Waals surface area contributed by atoms with Crippen LogP contribution in [0.25, 0.3) is 0 Å². The summed E-state index contributed by atoms with van der Waals surface area (Å²) in [5, 5.41) is 18.5. The van der Waals surface area contributed by atoms with Gasteiger partial charge in [-0.2, -0.15) is 0 Å². The first-order valence-electron chi connectivity index (χ1n) is 5.47. The number of hydrogen-bond acceptors (Lipinski definition) is 4. The molecule has 1 amide bonds. The van der Waals surface area contributed by atoms with Crippen molar-refractivity contribution in [1.82, 2.24) is 20.5 Å². The molecule has 88 valence electrons. The number of nitrogens with one attached hydrogen (secondary N) is 2. The highest BCUT2D eigenvalue weighted by Crippen LogP contribution is 2.19. The summed E-state index contributed by atoms with van der Waals surface area (Å²) in [6, 6.07) is 0.0588. The summed E-state index contributed by atoms with van der Waals surface area (Å²) >= 11 is 0. The minimum Gasteiger partial charge on any atom is -0.393 e. The van der Waals surface area contributed by atoms with Crippen molar-refractivity contribution < 1.29 is 9.90 Å². The van der Waals surface area contributed by atoms with Gasteiger partial charge in [0.05, 0.1) is 6.10 Å². The summed E-state index contributed by atoms with van der Waals surface area (Å²) in [6.45, 7) is 3.95. The number of nitrogens with zero attached hydrogens (tertiary/aromatic N) is 2. The zero-order valence-corrected chi connectivity index (χ0v) is 9.40. The van der Waals surface area contributed by atoms with Gasteiger partial charge in [-0.25, -0.2) is 4.98 Å².